The van der Waals surface area contributed by atoms with E-state index in [0.29, 0.717) is 69.0 Å². The van der Waals surface area contributed by atoms with Gasteiger partial charge in [0.1, 0.15) is 0 Å². The first-order valence-electron chi connectivity index (χ1n) is 26.0. The highest BCUT2D eigenvalue weighted by Gasteiger charge is 2.44. The highest BCUT2D eigenvalue weighted by atomic mass is 16.5. The lowest BCUT2D eigenvalue weighted by molar-refractivity contribution is 0.355. The molecular formula is C68H62O12. The van der Waals surface area contributed by atoms with Crippen LogP contribution in [0.4, 0.5) is 0 Å². The van der Waals surface area contributed by atoms with E-state index in [1.807, 2.05) is 72.8 Å². The standard InChI is InChI=1S/C68H62O12/c1-69-55-19-13-37(25-61(55)75-7)43-31-49-50(32-44(43)38-14-20-56(70-2)62(26-38)76-8)68-53-35-47(41-17-23-59(73-5)65(29-41)79-11)45(39-15-21-57(71-3)63(27-39)77-9)33-51(53)67(49)52-34-46(40-16-22-58(72-4)64(28-40)78-10)48(36-54(52)68)42-18-24-60(74-6)66(30-42)80-12/h13-36,67-68H,1-12H3. The van der Waals surface area contributed by atoms with Crippen molar-refractivity contribution in [1.29, 1.82) is 0 Å². The van der Waals surface area contributed by atoms with Gasteiger partial charge in [0.25, 0.3) is 0 Å². The highest BCUT2D eigenvalue weighted by Crippen LogP contribution is 2.61. The zero-order chi connectivity index (χ0) is 55.9. The van der Waals surface area contributed by atoms with Crippen LogP contribution in [0.1, 0.15) is 45.2 Å². The third-order valence-corrected chi connectivity index (χ3v) is 15.7. The average molecular weight is 1070 g/mol. The molecule has 0 radical (unpaired) electrons. The van der Waals surface area contributed by atoms with Crippen LogP contribution < -0.4 is 56.8 Å². The largest absolute Gasteiger partial charge is 0.493 e. The van der Waals surface area contributed by atoms with Crippen molar-refractivity contribution in [2.45, 2.75) is 11.8 Å². The fourth-order valence-corrected chi connectivity index (χ4v) is 11.9. The minimum atomic E-state index is -0.282. The molecule has 0 fully saturated rings. The molecule has 12 nitrogen and oxygen atoms in total. The summed E-state index contributed by atoms with van der Waals surface area (Å²) in [7, 11) is 19.9. The molecule has 80 heavy (non-hydrogen) atoms. The molecule has 0 amide bonds. The molecule has 0 aromatic heterocycles. The van der Waals surface area contributed by atoms with Gasteiger partial charge in [0.15, 0.2) is 69.0 Å². The van der Waals surface area contributed by atoms with Gasteiger partial charge in [-0.1, -0.05) is 36.4 Å². The summed E-state index contributed by atoms with van der Waals surface area (Å²) in [6.45, 7) is 0. The molecule has 0 saturated heterocycles. The van der Waals surface area contributed by atoms with E-state index >= 15 is 0 Å². The van der Waals surface area contributed by atoms with E-state index in [1.54, 1.807) is 85.3 Å². The second kappa shape index (κ2) is 21.8. The Kier molecular flexibility index (Phi) is 14.3. The van der Waals surface area contributed by atoms with Gasteiger partial charge in [-0.3, -0.25) is 0 Å². The molecule has 3 aliphatic carbocycles. The summed E-state index contributed by atoms with van der Waals surface area (Å²) in [5.41, 5.74) is 18.6. The van der Waals surface area contributed by atoms with Gasteiger partial charge in [-0.2, -0.15) is 0 Å². The molecule has 0 spiro atoms. The van der Waals surface area contributed by atoms with Gasteiger partial charge < -0.3 is 56.8 Å². The normalized spacial score (nSPS) is 13.5. The zero-order valence-electron chi connectivity index (χ0n) is 46.9. The molecule has 0 N–H and O–H groups in total. The molecule has 0 saturated carbocycles. The predicted molar refractivity (Wildman–Crippen MR) is 312 cm³/mol. The molecule has 0 aliphatic heterocycles. The van der Waals surface area contributed by atoms with Gasteiger partial charge in [-0.15, -0.1) is 0 Å². The van der Waals surface area contributed by atoms with Gasteiger partial charge in [0, 0.05) is 11.8 Å². The first-order valence-corrected chi connectivity index (χ1v) is 26.0. The van der Waals surface area contributed by atoms with Gasteiger partial charge in [-0.05, 0) is 209 Å². The molecule has 9 aromatic carbocycles. The molecule has 0 heterocycles. The summed E-state index contributed by atoms with van der Waals surface area (Å²) in [5, 5.41) is 0. The van der Waals surface area contributed by atoms with E-state index in [4.69, 9.17) is 56.8 Å². The summed E-state index contributed by atoms with van der Waals surface area (Å²) in [4.78, 5) is 0. The summed E-state index contributed by atoms with van der Waals surface area (Å²) in [6.07, 6.45) is 0. The second-order valence-corrected chi connectivity index (χ2v) is 19.4. The van der Waals surface area contributed by atoms with Crippen LogP contribution in [0.15, 0.2) is 146 Å². The first kappa shape index (κ1) is 52.6. The lowest BCUT2D eigenvalue weighted by atomic mass is 9.59. The zero-order valence-corrected chi connectivity index (χ0v) is 46.9. The smallest absolute Gasteiger partial charge is 0.161 e. The Bertz CT molecular complexity index is 3220. The Morgan fingerprint density at radius 3 is 0.438 bits per heavy atom. The monoisotopic (exact) mass is 1070 g/mol. The van der Waals surface area contributed by atoms with Crippen LogP contribution >= 0.6 is 0 Å². The summed E-state index contributed by atoms with van der Waals surface area (Å²) < 4.78 is 70.4. The molecule has 12 rings (SSSR count). The van der Waals surface area contributed by atoms with E-state index in [9.17, 15) is 0 Å². The highest BCUT2D eigenvalue weighted by molar-refractivity contribution is 5.94. The molecule has 9 aromatic rings. The van der Waals surface area contributed by atoms with Crippen molar-refractivity contribution in [1.82, 2.24) is 0 Å². The maximum Gasteiger partial charge on any atom is 0.161 e. The third kappa shape index (κ3) is 8.81. The van der Waals surface area contributed by atoms with Crippen molar-refractivity contribution in [3.63, 3.8) is 0 Å². The molecule has 12 heteroatoms. The van der Waals surface area contributed by atoms with Gasteiger partial charge in [-0.25, -0.2) is 0 Å². The van der Waals surface area contributed by atoms with Crippen molar-refractivity contribution >= 4 is 0 Å². The summed E-state index contributed by atoms with van der Waals surface area (Å²) in [6, 6.07) is 50.8. The number of hydrogen-bond acceptors (Lipinski definition) is 12. The molecule has 406 valence electrons. The minimum absolute atomic E-state index is 0.282. The van der Waals surface area contributed by atoms with Crippen molar-refractivity contribution in [2.24, 2.45) is 0 Å². The summed E-state index contributed by atoms with van der Waals surface area (Å²) >= 11 is 0. The van der Waals surface area contributed by atoms with E-state index < -0.39 is 0 Å². The molecular weight excluding hydrogens is 1010 g/mol. The predicted octanol–water partition coefficient (Wildman–Crippen LogP) is 14.8. The van der Waals surface area contributed by atoms with Crippen LogP contribution in [0, 0.1) is 0 Å². The Hall–Kier alpha value is -9.42. The topological polar surface area (TPSA) is 111 Å². The maximum atomic E-state index is 5.96. The van der Waals surface area contributed by atoms with Crippen LogP contribution in [-0.2, 0) is 0 Å². The Morgan fingerprint density at radius 2 is 0.312 bits per heavy atom. The molecule has 0 unspecified atom stereocenters. The van der Waals surface area contributed by atoms with Gasteiger partial charge in [0.2, 0.25) is 0 Å². The molecule has 2 bridgehead atoms. The number of ether oxygens (including phenoxy) is 12. The molecule has 0 atom stereocenters. The van der Waals surface area contributed by atoms with E-state index in [2.05, 4.69) is 72.8 Å². The second-order valence-electron chi connectivity index (χ2n) is 19.4. The van der Waals surface area contributed by atoms with Crippen molar-refractivity contribution < 1.29 is 56.8 Å². The maximum absolute atomic E-state index is 5.96. The van der Waals surface area contributed by atoms with Crippen LogP contribution in [0.2, 0.25) is 0 Å². The fraction of sp³-hybridized carbons (Fsp3) is 0.206. The Balaban J connectivity index is 1.27. The SMILES string of the molecule is COc1ccc(-c2cc3c(cc2-c2ccc(OC)c(OC)c2)C2c4cc(-c5ccc(OC)c(OC)c5)c(-c5ccc(OC)c(OC)c5)cc4C3c3cc(-c4ccc(OC)c(OC)c4)c(-c4ccc(OC)c(OC)c4)cc32)cc1OC. The summed E-state index contributed by atoms with van der Waals surface area (Å²) in [5.74, 6) is 6.89. The average Bonchev–Trinajstić information content (AvgIpc) is 1.75. The minimum Gasteiger partial charge on any atom is -0.493 e. The van der Waals surface area contributed by atoms with E-state index in [-0.39, 0.29) is 11.8 Å². The Morgan fingerprint density at radius 1 is 0.175 bits per heavy atom. The van der Waals surface area contributed by atoms with Crippen LogP contribution in [0.5, 0.6) is 69.0 Å². The third-order valence-electron chi connectivity index (χ3n) is 15.7. The van der Waals surface area contributed by atoms with Crippen molar-refractivity contribution in [3.8, 4) is 136 Å². The van der Waals surface area contributed by atoms with Crippen LogP contribution in [0.25, 0.3) is 66.8 Å². The van der Waals surface area contributed by atoms with Crippen LogP contribution in [0.3, 0.4) is 0 Å². The molecule has 3 aliphatic rings. The lowest BCUT2D eigenvalue weighted by Gasteiger charge is -2.44. The quantitative estimate of drug-likeness (QED) is 0.0816. The van der Waals surface area contributed by atoms with Gasteiger partial charge >= 0.3 is 0 Å². The number of rotatable bonds is 18. The van der Waals surface area contributed by atoms with E-state index in [0.717, 1.165) is 66.8 Å². The number of hydrogen-bond donors (Lipinski definition) is 0. The van der Waals surface area contributed by atoms with Crippen molar-refractivity contribution in [2.75, 3.05) is 85.3 Å². The van der Waals surface area contributed by atoms with Crippen molar-refractivity contribution in [3.05, 3.63) is 179 Å². The number of methoxy groups -OCH3 is 12. The fourth-order valence-electron chi connectivity index (χ4n) is 11.9. The van der Waals surface area contributed by atoms with Crippen LogP contribution in [-0.4, -0.2) is 85.3 Å². The van der Waals surface area contributed by atoms with E-state index in [1.165, 1.54) is 33.4 Å². The number of benzene rings is 9. The lowest BCUT2D eigenvalue weighted by Crippen LogP contribution is -2.28. The van der Waals surface area contributed by atoms with Gasteiger partial charge in [0.05, 0.1) is 85.3 Å². The Labute approximate surface area is 466 Å². The first-order chi connectivity index (χ1) is 39.1.